The molecule has 0 aliphatic carbocycles. The summed E-state index contributed by atoms with van der Waals surface area (Å²) in [6.45, 7) is 11.8. The molecule has 306 valence electrons. The maximum Gasteiger partial charge on any atom is 0.244 e. The molecule has 2 aromatic carbocycles. The van der Waals surface area contributed by atoms with Crippen LogP contribution in [0.5, 0.6) is 11.5 Å². The fraction of sp³-hybridized carbons (Fsp3) is 0.436. The van der Waals surface area contributed by atoms with Crippen molar-refractivity contribution >= 4 is 85.5 Å². The van der Waals surface area contributed by atoms with Gasteiger partial charge >= 0.3 is 0 Å². The van der Waals surface area contributed by atoms with E-state index in [0.717, 1.165) is 30.2 Å². The molecule has 0 saturated carbocycles. The van der Waals surface area contributed by atoms with Crippen LogP contribution in [-0.4, -0.2) is 118 Å². The number of nitrogens with zero attached hydrogens (tertiary/aromatic N) is 8. The number of rotatable bonds is 8. The lowest BCUT2D eigenvalue weighted by atomic mass is 10.1. The van der Waals surface area contributed by atoms with Crippen molar-refractivity contribution in [1.82, 2.24) is 29.4 Å². The number of halogens is 5. The molecule has 0 radical (unpaired) electrons. The van der Waals surface area contributed by atoms with Gasteiger partial charge in [0, 0.05) is 74.9 Å². The molecule has 2 aliphatic rings. The summed E-state index contributed by atoms with van der Waals surface area (Å²) >= 11 is 27.9. The second-order valence-electron chi connectivity index (χ2n) is 13.6. The standard InChI is InChI=1S/C21H24Cl2N4O3.C18H21BrCl2N4O2/c1-14-12-25(16-6-7-17(22)19(11-16)30-3)8-9-26(14)20(29)13-27-15(2)21(23)18(24-27)5-4-10-28;1-11-9-23(13-4-5-14(20)15(8-13)27-3)6-7-24(11)16(26)10-25-12(2)17(21)18(19)22-25/h6-7,11,14,28H,8-10,12-13H2,1-3H3;4-5,8,11H,6-7,9-10H2,1-3H3/t14-;11-/m00/s1. The molecular weight excluding hydrogens is 882 g/mol. The zero-order valence-corrected chi connectivity index (χ0v) is 37.1. The van der Waals surface area contributed by atoms with Gasteiger partial charge in [-0.25, -0.2) is 0 Å². The van der Waals surface area contributed by atoms with Crippen molar-refractivity contribution in [3.8, 4) is 23.3 Å². The van der Waals surface area contributed by atoms with E-state index in [-0.39, 0.29) is 43.6 Å². The average molecular weight is 928 g/mol. The van der Waals surface area contributed by atoms with Gasteiger partial charge in [-0.15, -0.1) is 0 Å². The molecule has 0 spiro atoms. The van der Waals surface area contributed by atoms with Gasteiger partial charge in [0.25, 0.3) is 0 Å². The van der Waals surface area contributed by atoms with Gasteiger partial charge in [-0.05, 0) is 73.8 Å². The maximum absolute atomic E-state index is 12.9. The lowest BCUT2D eigenvalue weighted by Gasteiger charge is -2.41. The summed E-state index contributed by atoms with van der Waals surface area (Å²) in [5.41, 5.74) is 3.86. The first kappa shape index (κ1) is 44.3. The summed E-state index contributed by atoms with van der Waals surface area (Å²) in [6.07, 6.45) is 0. The summed E-state index contributed by atoms with van der Waals surface area (Å²) in [5, 5.41) is 19.5. The SMILES string of the molecule is COc1cc(N2CCN(C(=O)Cn3nc(Br)c(Cl)c3C)[C@@H](C)C2)ccc1Cl.COc1cc(N2CCN(C(=O)Cn3nc(C#CCO)c(Cl)c3C)[C@@H](C)C2)ccc1Cl. The van der Waals surface area contributed by atoms with E-state index >= 15 is 0 Å². The number of aromatic nitrogens is 4. The summed E-state index contributed by atoms with van der Waals surface area (Å²) in [7, 11) is 3.20. The number of carbonyl (C=O) groups excluding carboxylic acids is 2. The van der Waals surface area contributed by atoms with Crippen molar-refractivity contribution in [2.75, 3.05) is 69.9 Å². The Kier molecular flexibility index (Phi) is 15.3. The van der Waals surface area contributed by atoms with Crippen LogP contribution in [0.1, 0.15) is 30.9 Å². The smallest absolute Gasteiger partial charge is 0.244 e. The van der Waals surface area contributed by atoms with Crippen LogP contribution in [0, 0.1) is 25.7 Å². The molecule has 6 rings (SSSR count). The fourth-order valence-corrected chi connectivity index (χ4v) is 7.96. The summed E-state index contributed by atoms with van der Waals surface area (Å²) in [5.74, 6) is 6.52. The molecule has 57 heavy (non-hydrogen) atoms. The third-order valence-corrected chi connectivity index (χ3v) is 12.3. The number of piperazine rings is 2. The highest BCUT2D eigenvalue weighted by atomic mass is 79.9. The Balaban J connectivity index is 0.000000219. The number of hydrogen-bond donors (Lipinski definition) is 1. The topological polar surface area (TPSA) is 121 Å². The minimum absolute atomic E-state index is 0.0212. The van der Waals surface area contributed by atoms with E-state index in [1.807, 2.05) is 60.0 Å². The first-order valence-electron chi connectivity index (χ1n) is 18.1. The summed E-state index contributed by atoms with van der Waals surface area (Å²) < 4.78 is 14.4. The van der Waals surface area contributed by atoms with Gasteiger partial charge in [0.05, 0.1) is 45.7 Å². The number of aliphatic hydroxyl groups excluding tert-OH is 1. The van der Waals surface area contributed by atoms with Crippen molar-refractivity contribution in [2.45, 2.75) is 52.9 Å². The number of aliphatic hydroxyl groups is 1. The molecular formula is C39H45BrCl4N8O5. The van der Waals surface area contributed by atoms with E-state index in [0.29, 0.717) is 73.8 Å². The van der Waals surface area contributed by atoms with Crippen LogP contribution in [0.3, 0.4) is 0 Å². The van der Waals surface area contributed by atoms with Gasteiger partial charge in [0.1, 0.15) is 35.8 Å². The molecule has 4 heterocycles. The number of carbonyl (C=O) groups is 2. The van der Waals surface area contributed by atoms with Gasteiger partial charge in [0.2, 0.25) is 11.8 Å². The highest BCUT2D eigenvalue weighted by Crippen LogP contribution is 2.32. The minimum Gasteiger partial charge on any atom is -0.495 e. The van der Waals surface area contributed by atoms with Crippen LogP contribution in [0.25, 0.3) is 0 Å². The number of hydrogen-bond acceptors (Lipinski definition) is 9. The monoisotopic (exact) mass is 924 g/mol. The molecule has 4 aromatic rings. The number of anilines is 2. The molecule has 2 amide bonds. The van der Waals surface area contributed by atoms with Gasteiger partial charge in [0.15, 0.2) is 5.69 Å². The molecule has 2 saturated heterocycles. The first-order valence-corrected chi connectivity index (χ1v) is 20.4. The molecule has 2 aromatic heterocycles. The predicted octanol–water partition coefficient (Wildman–Crippen LogP) is 6.59. The second-order valence-corrected chi connectivity index (χ2v) is 15.9. The van der Waals surface area contributed by atoms with E-state index in [1.165, 1.54) is 0 Å². The number of methoxy groups -OCH3 is 2. The summed E-state index contributed by atoms with van der Waals surface area (Å²) in [4.78, 5) is 33.9. The van der Waals surface area contributed by atoms with Crippen LogP contribution < -0.4 is 19.3 Å². The van der Waals surface area contributed by atoms with Crippen LogP contribution in [0.2, 0.25) is 20.1 Å². The average Bonchev–Trinajstić information content (AvgIpc) is 3.60. The Morgan fingerprint density at radius 1 is 0.772 bits per heavy atom. The van der Waals surface area contributed by atoms with Gasteiger partial charge < -0.3 is 34.2 Å². The Labute approximate surface area is 361 Å². The Hall–Kier alpha value is -3.84. The van der Waals surface area contributed by atoms with Crippen LogP contribution in [0.15, 0.2) is 41.0 Å². The van der Waals surface area contributed by atoms with Crippen LogP contribution in [-0.2, 0) is 22.7 Å². The lowest BCUT2D eigenvalue weighted by molar-refractivity contribution is -0.135. The van der Waals surface area contributed by atoms with Crippen molar-refractivity contribution < 1.29 is 24.2 Å². The van der Waals surface area contributed by atoms with Crippen LogP contribution >= 0.6 is 62.3 Å². The molecule has 0 unspecified atom stereocenters. The van der Waals surface area contributed by atoms with Crippen molar-refractivity contribution in [3.63, 3.8) is 0 Å². The van der Waals surface area contributed by atoms with Crippen molar-refractivity contribution in [2.24, 2.45) is 0 Å². The zero-order chi connectivity index (χ0) is 41.6. The highest BCUT2D eigenvalue weighted by molar-refractivity contribution is 9.10. The normalized spacial score (nSPS) is 16.8. The second kappa shape index (κ2) is 19.7. The maximum atomic E-state index is 12.9. The molecule has 18 heteroatoms. The first-order chi connectivity index (χ1) is 27.2. The molecule has 0 bridgehead atoms. The molecule has 13 nitrogen and oxygen atoms in total. The number of ether oxygens (including phenoxy) is 2. The van der Waals surface area contributed by atoms with E-state index in [4.69, 9.17) is 61.0 Å². The van der Waals surface area contributed by atoms with E-state index in [9.17, 15) is 9.59 Å². The van der Waals surface area contributed by atoms with E-state index in [1.54, 1.807) is 30.5 Å². The van der Waals surface area contributed by atoms with Crippen molar-refractivity contribution in [3.05, 3.63) is 78.2 Å². The Bertz CT molecular complexity index is 2150. The number of benzene rings is 2. The van der Waals surface area contributed by atoms with E-state index in [2.05, 4.69) is 54.7 Å². The predicted molar refractivity (Wildman–Crippen MR) is 228 cm³/mol. The van der Waals surface area contributed by atoms with Gasteiger partial charge in [-0.1, -0.05) is 52.3 Å². The minimum atomic E-state index is -0.275. The third-order valence-electron chi connectivity index (χ3n) is 9.98. The Morgan fingerprint density at radius 3 is 1.63 bits per heavy atom. The van der Waals surface area contributed by atoms with E-state index < -0.39 is 0 Å². The highest BCUT2D eigenvalue weighted by Gasteiger charge is 2.30. The van der Waals surface area contributed by atoms with Gasteiger partial charge in [-0.2, -0.15) is 10.2 Å². The zero-order valence-electron chi connectivity index (χ0n) is 32.5. The van der Waals surface area contributed by atoms with Gasteiger partial charge in [-0.3, -0.25) is 19.0 Å². The molecule has 1 N–H and O–H groups in total. The fourth-order valence-electron chi connectivity index (χ4n) is 6.78. The summed E-state index contributed by atoms with van der Waals surface area (Å²) in [6, 6.07) is 11.5. The van der Waals surface area contributed by atoms with Crippen LogP contribution in [0.4, 0.5) is 11.4 Å². The van der Waals surface area contributed by atoms with Crippen molar-refractivity contribution in [1.29, 1.82) is 0 Å². The molecule has 2 atom stereocenters. The molecule has 2 aliphatic heterocycles. The third kappa shape index (κ3) is 10.4. The quantitative estimate of drug-likeness (QED) is 0.195. The lowest BCUT2D eigenvalue weighted by Crippen LogP contribution is -2.54. The number of amides is 2. The Morgan fingerprint density at radius 2 is 1.23 bits per heavy atom. The largest absolute Gasteiger partial charge is 0.495 e. The molecule has 2 fully saturated rings.